The van der Waals surface area contributed by atoms with Crippen molar-refractivity contribution in [3.8, 4) is 0 Å². The fourth-order valence-electron chi connectivity index (χ4n) is 4.58. The number of nitrogens with one attached hydrogen (secondary N) is 1. The second-order valence-corrected chi connectivity index (χ2v) is 11.2. The van der Waals surface area contributed by atoms with Gasteiger partial charge < -0.3 is 9.64 Å². The van der Waals surface area contributed by atoms with Crippen molar-refractivity contribution in [3.05, 3.63) is 0 Å². The standard InChI is InChI=1S/C20H31F7N2O4S/c1-12(2)13-6-8-14(9-7-13)33-11-16-15(28-34(3,31)32)5-4-10-29(16)17(30)18(21,22)19(23,24)20(25,26)27/h12-16,28H,4-11H2,1-3H3. The van der Waals surface area contributed by atoms with E-state index in [-0.39, 0.29) is 23.8 Å². The topological polar surface area (TPSA) is 75.7 Å². The minimum absolute atomic E-state index is 0.0617. The molecule has 200 valence electrons. The highest BCUT2D eigenvalue weighted by Crippen LogP contribution is 2.47. The van der Waals surface area contributed by atoms with E-state index >= 15 is 0 Å². The Labute approximate surface area is 194 Å². The van der Waals surface area contributed by atoms with Gasteiger partial charge in [0.15, 0.2) is 0 Å². The van der Waals surface area contributed by atoms with Gasteiger partial charge in [-0.25, -0.2) is 13.1 Å². The molecule has 34 heavy (non-hydrogen) atoms. The molecule has 0 bridgehead atoms. The first kappa shape index (κ1) is 29.1. The summed E-state index contributed by atoms with van der Waals surface area (Å²) in [5, 5.41) is 0. The van der Waals surface area contributed by atoms with Gasteiger partial charge in [0.05, 0.1) is 25.0 Å². The minimum atomic E-state index is -6.66. The zero-order valence-corrected chi connectivity index (χ0v) is 20.0. The summed E-state index contributed by atoms with van der Waals surface area (Å²) in [6, 6.07) is -2.66. The predicted octanol–water partition coefficient (Wildman–Crippen LogP) is 3.96. The highest BCUT2D eigenvalue weighted by molar-refractivity contribution is 7.88. The summed E-state index contributed by atoms with van der Waals surface area (Å²) >= 11 is 0. The van der Waals surface area contributed by atoms with Crippen molar-refractivity contribution in [1.29, 1.82) is 0 Å². The number of rotatable bonds is 8. The first-order valence-electron chi connectivity index (χ1n) is 11.1. The summed E-state index contributed by atoms with van der Waals surface area (Å²) in [7, 11) is -3.91. The van der Waals surface area contributed by atoms with Crippen LogP contribution in [0.2, 0.25) is 0 Å². The highest BCUT2D eigenvalue weighted by atomic mass is 32.2. The van der Waals surface area contributed by atoms with Crippen molar-refractivity contribution in [2.24, 2.45) is 11.8 Å². The van der Waals surface area contributed by atoms with Gasteiger partial charge in [-0.05, 0) is 50.4 Å². The monoisotopic (exact) mass is 528 g/mol. The molecule has 2 fully saturated rings. The Morgan fingerprint density at radius 1 is 1.03 bits per heavy atom. The largest absolute Gasteiger partial charge is 0.460 e. The molecule has 0 spiro atoms. The number of amides is 1. The molecule has 1 saturated heterocycles. The molecule has 6 nitrogen and oxygen atoms in total. The number of hydrogen-bond acceptors (Lipinski definition) is 4. The third-order valence-corrected chi connectivity index (χ3v) is 7.32. The molecule has 1 saturated carbocycles. The Kier molecular flexibility index (Phi) is 8.94. The number of carbonyl (C=O) groups is 1. The van der Waals surface area contributed by atoms with Crippen LogP contribution in [0.4, 0.5) is 30.7 Å². The average molecular weight is 529 g/mol. The molecule has 2 rings (SSSR count). The van der Waals surface area contributed by atoms with E-state index < -0.39 is 59.2 Å². The zero-order valence-electron chi connectivity index (χ0n) is 19.2. The van der Waals surface area contributed by atoms with Crippen LogP contribution in [-0.2, 0) is 19.6 Å². The normalized spacial score (nSPS) is 27.8. The maximum atomic E-state index is 14.2. The van der Waals surface area contributed by atoms with Gasteiger partial charge in [-0.1, -0.05) is 13.8 Å². The molecule has 2 unspecified atom stereocenters. The summed E-state index contributed by atoms with van der Waals surface area (Å²) in [5.74, 6) is -14.5. The lowest BCUT2D eigenvalue weighted by Crippen LogP contribution is -2.66. The van der Waals surface area contributed by atoms with Gasteiger partial charge in [0, 0.05) is 12.6 Å². The lowest BCUT2D eigenvalue weighted by molar-refractivity contribution is -0.346. The van der Waals surface area contributed by atoms with E-state index in [1.807, 2.05) is 0 Å². The molecule has 1 aliphatic carbocycles. The molecule has 1 aliphatic heterocycles. The number of sulfonamides is 1. The van der Waals surface area contributed by atoms with E-state index in [9.17, 15) is 43.9 Å². The highest BCUT2D eigenvalue weighted by Gasteiger charge is 2.77. The summed E-state index contributed by atoms with van der Waals surface area (Å²) in [4.78, 5) is 12.6. The van der Waals surface area contributed by atoms with E-state index in [4.69, 9.17) is 4.74 Å². The SMILES string of the molecule is CC(C)C1CCC(OCC2C(NS(C)(=O)=O)CCCN2C(=O)C(F)(F)C(F)(F)C(F)(F)F)CC1. The van der Waals surface area contributed by atoms with Gasteiger partial charge in [-0.15, -0.1) is 0 Å². The molecule has 0 aromatic rings. The first-order chi connectivity index (χ1) is 15.4. The third kappa shape index (κ3) is 6.54. The maximum Gasteiger partial charge on any atom is 0.460 e. The van der Waals surface area contributed by atoms with Crippen LogP contribution in [0.1, 0.15) is 52.4 Å². The van der Waals surface area contributed by atoms with Crippen molar-refractivity contribution in [3.63, 3.8) is 0 Å². The van der Waals surface area contributed by atoms with Gasteiger partial charge in [0.25, 0.3) is 5.91 Å². The molecule has 1 N–H and O–H groups in total. The van der Waals surface area contributed by atoms with Gasteiger partial charge in [-0.2, -0.15) is 30.7 Å². The van der Waals surface area contributed by atoms with Crippen LogP contribution in [0.15, 0.2) is 0 Å². The van der Waals surface area contributed by atoms with E-state index in [1.165, 1.54) is 0 Å². The Bertz CT molecular complexity index is 812. The summed E-state index contributed by atoms with van der Waals surface area (Å²) in [6.45, 7) is 3.13. The molecule has 0 aromatic carbocycles. The zero-order chi connectivity index (χ0) is 26.1. The number of piperidine rings is 1. The third-order valence-electron chi connectivity index (χ3n) is 6.59. The van der Waals surface area contributed by atoms with E-state index in [2.05, 4.69) is 18.6 Å². The number of alkyl halides is 7. The Balaban J connectivity index is 2.25. The van der Waals surface area contributed by atoms with Crippen LogP contribution in [0.5, 0.6) is 0 Å². The fourth-order valence-corrected chi connectivity index (χ4v) is 5.40. The lowest BCUT2D eigenvalue weighted by atomic mass is 9.80. The minimum Gasteiger partial charge on any atom is -0.376 e. The summed E-state index contributed by atoms with van der Waals surface area (Å²) in [6.07, 6.45) is -3.32. The van der Waals surface area contributed by atoms with Crippen molar-refractivity contribution in [2.45, 2.75) is 88.6 Å². The van der Waals surface area contributed by atoms with Crippen LogP contribution in [0.3, 0.4) is 0 Å². The predicted molar refractivity (Wildman–Crippen MR) is 109 cm³/mol. The molecule has 14 heteroatoms. The van der Waals surface area contributed by atoms with Gasteiger partial charge in [-0.3, -0.25) is 4.79 Å². The van der Waals surface area contributed by atoms with E-state index in [0.29, 0.717) is 24.7 Å². The Morgan fingerprint density at radius 3 is 2.06 bits per heavy atom. The number of carbonyl (C=O) groups excluding carboxylic acids is 1. The molecule has 1 amide bonds. The molecular formula is C20H31F7N2O4S. The van der Waals surface area contributed by atoms with E-state index in [1.54, 1.807) is 0 Å². The van der Waals surface area contributed by atoms with Crippen LogP contribution in [0.25, 0.3) is 0 Å². The van der Waals surface area contributed by atoms with Crippen molar-refractivity contribution >= 4 is 15.9 Å². The van der Waals surface area contributed by atoms with Crippen molar-refractivity contribution in [2.75, 3.05) is 19.4 Å². The second-order valence-electron chi connectivity index (χ2n) is 9.47. The van der Waals surface area contributed by atoms with Gasteiger partial charge in [0.1, 0.15) is 0 Å². The number of nitrogens with zero attached hydrogens (tertiary/aromatic N) is 1. The van der Waals surface area contributed by atoms with Crippen molar-refractivity contribution < 1.29 is 48.7 Å². The number of hydrogen-bond donors (Lipinski definition) is 1. The van der Waals surface area contributed by atoms with Crippen LogP contribution >= 0.6 is 0 Å². The smallest absolute Gasteiger partial charge is 0.376 e. The number of halogens is 7. The van der Waals surface area contributed by atoms with Gasteiger partial charge in [0.2, 0.25) is 10.0 Å². The quantitative estimate of drug-likeness (QED) is 0.484. The number of likely N-dealkylation sites (tertiary alicyclic amines) is 1. The molecule has 0 radical (unpaired) electrons. The first-order valence-corrected chi connectivity index (χ1v) is 13.0. The fraction of sp³-hybridized carbons (Fsp3) is 0.950. The molecule has 1 heterocycles. The summed E-state index contributed by atoms with van der Waals surface area (Å²) < 4.78 is 125. The van der Waals surface area contributed by atoms with Crippen LogP contribution in [0, 0.1) is 11.8 Å². The Hall–Kier alpha value is -1.15. The Morgan fingerprint density at radius 2 is 1.59 bits per heavy atom. The number of ether oxygens (including phenoxy) is 1. The molecule has 2 aliphatic rings. The van der Waals surface area contributed by atoms with Crippen LogP contribution < -0.4 is 4.72 Å². The average Bonchev–Trinajstić information content (AvgIpc) is 2.70. The molecule has 0 aromatic heterocycles. The second kappa shape index (κ2) is 10.5. The molecular weight excluding hydrogens is 497 g/mol. The van der Waals surface area contributed by atoms with Crippen molar-refractivity contribution in [1.82, 2.24) is 9.62 Å². The lowest BCUT2D eigenvalue weighted by Gasteiger charge is -2.43. The maximum absolute atomic E-state index is 14.2. The van der Waals surface area contributed by atoms with Gasteiger partial charge >= 0.3 is 18.0 Å². The molecule has 2 atom stereocenters. The van der Waals surface area contributed by atoms with E-state index in [0.717, 1.165) is 19.1 Å². The van der Waals surface area contributed by atoms with Crippen LogP contribution in [-0.4, -0.2) is 74.8 Å². The summed E-state index contributed by atoms with van der Waals surface area (Å²) in [5.41, 5.74) is 0.